The summed E-state index contributed by atoms with van der Waals surface area (Å²) in [5.41, 5.74) is 1.20. The summed E-state index contributed by atoms with van der Waals surface area (Å²) in [7, 11) is 1.98. The molecule has 0 saturated carbocycles. The van der Waals surface area contributed by atoms with Gasteiger partial charge in [-0.15, -0.1) is 0 Å². The minimum atomic E-state index is 0.614. The molecular formula is C10H17N3S. The lowest BCUT2D eigenvalue weighted by molar-refractivity contribution is 0.675. The van der Waals surface area contributed by atoms with Crippen LogP contribution in [0.15, 0.2) is 6.07 Å². The van der Waals surface area contributed by atoms with Gasteiger partial charge in [-0.25, -0.2) is 0 Å². The molecule has 3 nitrogen and oxygen atoms in total. The van der Waals surface area contributed by atoms with E-state index in [9.17, 15) is 0 Å². The zero-order valence-corrected chi connectivity index (χ0v) is 9.60. The highest BCUT2D eigenvalue weighted by atomic mass is 32.2. The van der Waals surface area contributed by atoms with Gasteiger partial charge in [-0.1, -0.05) is 0 Å². The number of hydrogen-bond donors (Lipinski definition) is 1. The molecule has 1 aromatic heterocycles. The van der Waals surface area contributed by atoms with Crippen LogP contribution < -0.4 is 5.32 Å². The minimum absolute atomic E-state index is 0.614. The lowest BCUT2D eigenvalue weighted by Crippen LogP contribution is -2.25. The van der Waals surface area contributed by atoms with Crippen LogP contribution in [0.1, 0.15) is 18.5 Å². The third-order valence-electron chi connectivity index (χ3n) is 2.63. The Hall–Kier alpha value is -0.640. The average Bonchev–Trinajstić information content (AvgIpc) is 2.47. The molecule has 1 saturated heterocycles. The molecule has 1 aliphatic heterocycles. The van der Waals surface area contributed by atoms with Crippen molar-refractivity contribution in [2.45, 2.75) is 25.8 Å². The monoisotopic (exact) mass is 211 g/mol. The largest absolute Gasteiger partial charge is 0.365 e. The molecule has 1 fully saturated rings. The fourth-order valence-electron chi connectivity index (χ4n) is 1.69. The molecule has 2 rings (SSSR count). The summed E-state index contributed by atoms with van der Waals surface area (Å²) in [5.74, 6) is 3.56. The van der Waals surface area contributed by atoms with E-state index in [1.165, 1.54) is 30.0 Å². The third-order valence-corrected chi connectivity index (χ3v) is 3.84. The highest BCUT2D eigenvalue weighted by molar-refractivity contribution is 7.99. The van der Waals surface area contributed by atoms with Crippen molar-refractivity contribution in [3.8, 4) is 0 Å². The second-order valence-electron chi connectivity index (χ2n) is 3.85. The Bertz CT molecular complexity index is 283. The van der Waals surface area contributed by atoms with Crippen LogP contribution in [-0.2, 0) is 7.05 Å². The van der Waals surface area contributed by atoms with Gasteiger partial charge in [-0.2, -0.15) is 16.9 Å². The van der Waals surface area contributed by atoms with Crippen molar-refractivity contribution in [1.82, 2.24) is 9.78 Å². The average molecular weight is 211 g/mol. The Morgan fingerprint density at radius 1 is 1.64 bits per heavy atom. The molecule has 0 radical (unpaired) electrons. The molecule has 78 valence electrons. The van der Waals surface area contributed by atoms with Gasteiger partial charge in [0.25, 0.3) is 0 Å². The van der Waals surface area contributed by atoms with Crippen molar-refractivity contribution in [1.29, 1.82) is 0 Å². The number of thioether (sulfide) groups is 1. The SMILES string of the molecule is Cc1cc(NC2CCCSC2)nn1C. The van der Waals surface area contributed by atoms with Crippen molar-refractivity contribution in [3.05, 3.63) is 11.8 Å². The van der Waals surface area contributed by atoms with Crippen molar-refractivity contribution in [2.24, 2.45) is 7.05 Å². The number of anilines is 1. The Labute approximate surface area is 89.3 Å². The highest BCUT2D eigenvalue weighted by Crippen LogP contribution is 2.20. The Balaban J connectivity index is 1.95. The first-order chi connectivity index (χ1) is 6.75. The predicted octanol–water partition coefficient (Wildman–Crippen LogP) is 2.04. The molecule has 1 unspecified atom stereocenters. The lowest BCUT2D eigenvalue weighted by Gasteiger charge is -2.22. The molecule has 0 amide bonds. The lowest BCUT2D eigenvalue weighted by atomic mass is 10.2. The van der Waals surface area contributed by atoms with Gasteiger partial charge < -0.3 is 5.32 Å². The van der Waals surface area contributed by atoms with E-state index in [1.54, 1.807) is 0 Å². The van der Waals surface area contributed by atoms with Gasteiger partial charge in [0.2, 0.25) is 0 Å². The van der Waals surface area contributed by atoms with Crippen molar-refractivity contribution in [3.63, 3.8) is 0 Å². The second kappa shape index (κ2) is 4.26. The van der Waals surface area contributed by atoms with E-state index in [0.29, 0.717) is 6.04 Å². The zero-order valence-electron chi connectivity index (χ0n) is 8.79. The van der Waals surface area contributed by atoms with Crippen LogP contribution >= 0.6 is 11.8 Å². The van der Waals surface area contributed by atoms with Gasteiger partial charge in [0.1, 0.15) is 5.82 Å². The summed E-state index contributed by atoms with van der Waals surface area (Å²) in [5, 5.41) is 7.89. The van der Waals surface area contributed by atoms with Gasteiger partial charge in [0, 0.05) is 30.6 Å². The summed E-state index contributed by atoms with van der Waals surface area (Å²) in [6.45, 7) is 2.08. The summed E-state index contributed by atoms with van der Waals surface area (Å²) < 4.78 is 1.91. The molecule has 0 aliphatic carbocycles. The van der Waals surface area contributed by atoms with Gasteiger partial charge >= 0.3 is 0 Å². The second-order valence-corrected chi connectivity index (χ2v) is 5.00. The third kappa shape index (κ3) is 2.23. The van der Waals surface area contributed by atoms with Crippen LogP contribution in [0.3, 0.4) is 0 Å². The molecule has 0 bridgehead atoms. The van der Waals surface area contributed by atoms with Crippen LogP contribution in [0.5, 0.6) is 0 Å². The molecule has 0 aromatic carbocycles. The number of aromatic nitrogens is 2. The molecule has 1 N–H and O–H groups in total. The first kappa shape index (κ1) is 9.90. The smallest absolute Gasteiger partial charge is 0.148 e. The first-order valence-corrected chi connectivity index (χ1v) is 6.26. The Morgan fingerprint density at radius 2 is 2.50 bits per heavy atom. The first-order valence-electron chi connectivity index (χ1n) is 5.10. The van der Waals surface area contributed by atoms with Gasteiger partial charge in [0.05, 0.1) is 0 Å². The molecule has 14 heavy (non-hydrogen) atoms. The van der Waals surface area contributed by atoms with E-state index in [-0.39, 0.29) is 0 Å². The summed E-state index contributed by atoms with van der Waals surface area (Å²) in [4.78, 5) is 0. The van der Waals surface area contributed by atoms with Crippen LogP contribution in [-0.4, -0.2) is 27.3 Å². The van der Waals surface area contributed by atoms with E-state index in [2.05, 4.69) is 23.4 Å². The Morgan fingerprint density at radius 3 is 3.07 bits per heavy atom. The van der Waals surface area contributed by atoms with Crippen LogP contribution in [0, 0.1) is 6.92 Å². The van der Waals surface area contributed by atoms with Crippen molar-refractivity contribution in [2.75, 3.05) is 16.8 Å². The fraction of sp³-hybridized carbons (Fsp3) is 0.700. The normalized spacial score (nSPS) is 22.3. The molecule has 1 atom stereocenters. The number of nitrogens with zero attached hydrogens (tertiary/aromatic N) is 2. The van der Waals surface area contributed by atoms with E-state index >= 15 is 0 Å². The maximum atomic E-state index is 4.40. The summed E-state index contributed by atoms with van der Waals surface area (Å²) in [6, 6.07) is 2.72. The summed E-state index contributed by atoms with van der Waals surface area (Å²) in [6.07, 6.45) is 2.61. The van der Waals surface area contributed by atoms with Crippen molar-refractivity contribution < 1.29 is 0 Å². The predicted molar refractivity (Wildman–Crippen MR) is 61.9 cm³/mol. The Kier molecular flexibility index (Phi) is 3.01. The maximum Gasteiger partial charge on any atom is 0.148 e. The number of rotatable bonds is 2. The topological polar surface area (TPSA) is 29.9 Å². The minimum Gasteiger partial charge on any atom is -0.365 e. The highest BCUT2D eigenvalue weighted by Gasteiger charge is 2.14. The van der Waals surface area contributed by atoms with E-state index < -0.39 is 0 Å². The quantitative estimate of drug-likeness (QED) is 0.812. The number of nitrogens with one attached hydrogen (secondary N) is 1. The van der Waals surface area contributed by atoms with Crippen molar-refractivity contribution >= 4 is 17.6 Å². The summed E-state index contributed by atoms with van der Waals surface area (Å²) >= 11 is 2.04. The van der Waals surface area contributed by atoms with Crippen LogP contribution in [0.2, 0.25) is 0 Å². The molecule has 4 heteroatoms. The van der Waals surface area contributed by atoms with E-state index in [4.69, 9.17) is 0 Å². The van der Waals surface area contributed by atoms with Gasteiger partial charge in [-0.05, 0) is 25.5 Å². The maximum absolute atomic E-state index is 4.40. The number of aryl methyl sites for hydroxylation is 2. The molecule has 0 spiro atoms. The van der Waals surface area contributed by atoms with E-state index in [1.807, 2.05) is 23.5 Å². The van der Waals surface area contributed by atoms with Crippen LogP contribution in [0.25, 0.3) is 0 Å². The molecule has 1 aromatic rings. The molecule has 1 aliphatic rings. The zero-order chi connectivity index (χ0) is 9.97. The molecular weight excluding hydrogens is 194 g/mol. The van der Waals surface area contributed by atoms with Crippen LogP contribution in [0.4, 0.5) is 5.82 Å². The standard InChI is InChI=1S/C10H17N3S/c1-8-6-10(12-13(8)2)11-9-4-3-5-14-7-9/h6,9H,3-5,7H2,1-2H3,(H,11,12). The number of hydrogen-bond acceptors (Lipinski definition) is 3. The van der Waals surface area contributed by atoms with Gasteiger partial charge in [-0.3, -0.25) is 4.68 Å². The van der Waals surface area contributed by atoms with E-state index in [0.717, 1.165) is 5.82 Å². The molecule has 2 heterocycles. The fourth-order valence-corrected chi connectivity index (χ4v) is 2.77. The van der Waals surface area contributed by atoms with Gasteiger partial charge in [0.15, 0.2) is 0 Å².